The van der Waals surface area contributed by atoms with Gasteiger partial charge in [0.1, 0.15) is 11.9 Å². The SMILES string of the molecule is O=C(C1CNNN1)N1CCN(c2ccc(C(F)(F)F)cn2)CC1. The van der Waals surface area contributed by atoms with Crippen molar-refractivity contribution >= 4 is 11.7 Å². The number of pyridine rings is 1. The topological polar surface area (TPSA) is 72.5 Å². The van der Waals surface area contributed by atoms with Crippen LogP contribution in [-0.4, -0.2) is 54.6 Å². The fraction of sp³-hybridized carbons (Fsp3) is 0.538. The molecule has 2 saturated heterocycles. The summed E-state index contributed by atoms with van der Waals surface area (Å²) in [5.41, 5.74) is 7.58. The summed E-state index contributed by atoms with van der Waals surface area (Å²) in [5, 5.41) is 0. The molecule has 3 rings (SSSR count). The van der Waals surface area contributed by atoms with Crippen molar-refractivity contribution < 1.29 is 18.0 Å². The third-order valence-corrected chi connectivity index (χ3v) is 3.93. The molecule has 1 unspecified atom stereocenters. The van der Waals surface area contributed by atoms with Gasteiger partial charge in [-0.2, -0.15) is 18.7 Å². The van der Waals surface area contributed by atoms with Gasteiger partial charge in [-0.25, -0.2) is 15.8 Å². The van der Waals surface area contributed by atoms with E-state index in [1.807, 2.05) is 4.90 Å². The average Bonchev–Trinajstić information content (AvgIpc) is 3.08. The smallest absolute Gasteiger partial charge is 0.353 e. The predicted molar refractivity (Wildman–Crippen MR) is 76.1 cm³/mol. The lowest BCUT2D eigenvalue weighted by Gasteiger charge is -2.36. The zero-order chi connectivity index (χ0) is 16.4. The maximum absolute atomic E-state index is 12.5. The van der Waals surface area contributed by atoms with Gasteiger partial charge in [0.15, 0.2) is 0 Å². The zero-order valence-corrected chi connectivity index (χ0v) is 12.2. The number of hydrogen-bond donors (Lipinski definition) is 3. The molecule has 0 aliphatic carbocycles. The number of hydrogen-bond acceptors (Lipinski definition) is 6. The molecule has 23 heavy (non-hydrogen) atoms. The van der Waals surface area contributed by atoms with Crippen LogP contribution in [0.1, 0.15) is 5.56 Å². The predicted octanol–water partition coefficient (Wildman–Crippen LogP) is -0.270. The number of nitrogens with zero attached hydrogens (tertiary/aromatic N) is 3. The van der Waals surface area contributed by atoms with Gasteiger partial charge < -0.3 is 9.80 Å². The van der Waals surface area contributed by atoms with Gasteiger partial charge in [0.25, 0.3) is 0 Å². The summed E-state index contributed by atoms with van der Waals surface area (Å²) < 4.78 is 37.6. The number of piperazine rings is 1. The molecule has 0 saturated carbocycles. The number of halogens is 3. The van der Waals surface area contributed by atoms with Gasteiger partial charge in [-0.1, -0.05) is 0 Å². The number of anilines is 1. The summed E-state index contributed by atoms with van der Waals surface area (Å²) in [5.74, 6) is 0.495. The highest BCUT2D eigenvalue weighted by Gasteiger charge is 2.32. The van der Waals surface area contributed by atoms with Gasteiger partial charge >= 0.3 is 6.18 Å². The first-order valence-corrected chi connectivity index (χ1v) is 7.25. The highest BCUT2D eigenvalue weighted by Crippen LogP contribution is 2.29. The third-order valence-electron chi connectivity index (χ3n) is 3.93. The summed E-state index contributed by atoms with van der Waals surface area (Å²) in [4.78, 5) is 19.7. The van der Waals surface area contributed by atoms with Crippen LogP contribution in [-0.2, 0) is 11.0 Å². The number of alkyl halides is 3. The Morgan fingerprint density at radius 3 is 2.48 bits per heavy atom. The maximum atomic E-state index is 12.5. The lowest BCUT2D eigenvalue weighted by atomic mass is 10.2. The van der Waals surface area contributed by atoms with Crippen LogP contribution >= 0.6 is 0 Å². The van der Waals surface area contributed by atoms with Crippen LogP contribution in [0.3, 0.4) is 0 Å². The molecule has 1 aromatic heterocycles. The van der Waals surface area contributed by atoms with Crippen LogP contribution < -0.4 is 21.3 Å². The number of nitrogens with one attached hydrogen (secondary N) is 3. The molecule has 3 heterocycles. The number of hydrazine groups is 2. The number of amides is 1. The molecule has 126 valence electrons. The van der Waals surface area contributed by atoms with Gasteiger partial charge in [-0.05, 0) is 12.1 Å². The molecule has 0 bridgehead atoms. The van der Waals surface area contributed by atoms with Gasteiger partial charge in [0, 0.05) is 38.9 Å². The summed E-state index contributed by atoms with van der Waals surface area (Å²) in [6.07, 6.45) is -3.54. The first-order valence-electron chi connectivity index (χ1n) is 7.25. The van der Waals surface area contributed by atoms with Gasteiger partial charge in [0.2, 0.25) is 5.91 Å². The van der Waals surface area contributed by atoms with Crippen LogP contribution in [0.25, 0.3) is 0 Å². The van der Waals surface area contributed by atoms with E-state index in [1.54, 1.807) is 4.90 Å². The lowest BCUT2D eigenvalue weighted by molar-refractivity contribution is -0.138. The standard InChI is InChI=1S/C13H17F3N6O/c14-13(15,16)9-1-2-11(17-7-9)21-3-5-22(6-4-21)12(23)10-8-18-20-19-10/h1-2,7,10,18-20H,3-6,8H2. The van der Waals surface area contributed by atoms with Crippen LogP contribution in [0, 0.1) is 0 Å². The van der Waals surface area contributed by atoms with Crippen molar-refractivity contribution in [2.75, 3.05) is 37.6 Å². The Hall–Kier alpha value is -1.91. The first-order chi connectivity index (χ1) is 10.9. The fourth-order valence-electron chi connectivity index (χ4n) is 2.61. The van der Waals surface area contributed by atoms with E-state index >= 15 is 0 Å². The Kier molecular flexibility index (Phi) is 4.37. The molecule has 3 N–H and O–H groups in total. The molecule has 0 spiro atoms. The van der Waals surface area contributed by atoms with Crippen molar-refractivity contribution in [1.29, 1.82) is 0 Å². The van der Waals surface area contributed by atoms with E-state index in [0.29, 0.717) is 38.5 Å². The van der Waals surface area contributed by atoms with E-state index in [-0.39, 0.29) is 11.9 Å². The molecule has 1 amide bonds. The number of rotatable bonds is 2. The quantitative estimate of drug-likeness (QED) is 0.693. The zero-order valence-electron chi connectivity index (χ0n) is 12.2. The minimum atomic E-state index is -4.38. The number of carbonyl (C=O) groups excluding carboxylic acids is 1. The van der Waals surface area contributed by atoms with E-state index in [0.717, 1.165) is 12.3 Å². The van der Waals surface area contributed by atoms with Crippen LogP contribution in [0.4, 0.5) is 19.0 Å². The Labute approximate surface area is 130 Å². The normalized spacial score (nSPS) is 22.5. The van der Waals surface area contributed by atoms with Crippen molar-refractivity contribution in [2.24, 2.45) is 0 Å². The van der Waals surface area contributed by atoms with Gasteiger partial charge in [0.05, 0.1) is 5.56 Å². The molecule has 2 fully saturated rings. The van der Waals surface area contributed by atoms with Crippen LogP contribution in [0.2, 0.25) is 0 Å². The van der Waals surface area contributed by atoms with Crippen molar-refractivity contribution in [3.8, 4) is 0 Å². The second-order valence-electron chi connectivity index (χ2n) is 5.42. The molecular formula is C13H17F3N6O. The van der Waals surface area contributed by atoms with Crippen LogP contribution in [0.5, 0.6) is 0 Å². The van der Waals surface area contributed by atoms with E-state index in [1.165, 1.54) is 6.07 Å². The van der Waals surface area contributed by atoms with Crippen molar-refractivity contribution in [3.63, 3.8) is 0 Å². The molecule has 0 aromatic carbocycles. The van der Waals surface area contributed by atoms with E-state index < -0.39 is 11.7 Å². The molecule has 2 aliphatic heterocycles. The highest BCUT2D eigenvalue weighted by atomic mass is 19.4. The summed E-state index contributed by atoms with van der Waals surface area (Å²) in [7, 11) is 0. The summed E-state index contributed by atoms with van der Waals surface area (Å²) >= 11 is 0. The number of carbonyl (C=O) groups is 1. The molecule has 2 aliphatic rings. The first kappa shape index (κ1) is 16.0. The van der Waals surface area contributed by atoms with E-state index in [4.69, 9.17) is 0 Å². The molecule has 0 radical (unpaired) electrons. The van der Waals surface area contributed by atoms with E-state index in [9.17, 15) is 18.0 Å². The molecule has 1 atom stereocenters. The fourth-order valence-corrected chi connectivity index (χ4v) is 2.61. The monoisotopic (exact) mass is 330 g/mol. The van der Waals surface area contributed by atoms with Crippen molar-refractivity contribution in [1.82, 2.24) is 26.3 Å². The minimum Gasteiger partial charge on any atom is -0.353 e. The van der Waals surface area contributed by atoms with E-state index in [2.05, 4.69) is 21.4 Å². The minimum absolute atomic E-state index is 0.00234. The Bertz CT molecular complexity index is 550. The van der Waals surface area contributed by atoms with Gasteiger partial charge in [-0.3, -0.25) is 4.79 Å². The number of aromatic nitrogens is 1. The summed E-state index contributed by atoms with van der Waals surface area (Å²) in [6, 6.07) is 2.09. The Morgan fingerprint density at radius 2 is 1.96 bits per heavy atom. The van der Waals surface area contributed by atoms with Crippen molar-refractivity contribution in [3.05, 3.63) is 23.9 Å². The van der Waals surface area contributed by atoms with Crippen molar-refractivity contribution in [2.45, 2.75) is 12.2 Å². The average molecular weight is 330 g/mol. The van der Waals surface area contributed by atoms with Gasteiger partial charge in [-0.15, -0.1) is 0 Å². The molecule has 1 aromatic rings. The Morgan fingerprint density at radius 1 is 1.22 bits per heavy atom. The summed E-state index contributed by atoms with van der Waals surface area (Å²) in [6.45, 7) is 2.62. The largest absolute Gasteiger partial charge is 0.417 e. The highest BCUT2D eigenvalue weighted by molar-refractivity contribution is 5.82. The molecular weight excluding hydrogens is 313 g/mol. The molecule has 10 heteroatoms. The van der Waals surface area contributed by atoms with Crippen LogP contribution in [0.15, 0.2) is 18.3 Å². The molecule has 7 nitrogen and oxygen atoms in total. The lowest BCUT2D eigenvalue weighted by Crippen LogP contribution is -2.54. The third kappa shape index (κ3) is 3.54. The second kappa shape index (κ2) is 6.30. The Balaban J connectivity index is 1.57. The maximum Gasteiger partial charge on any atom is 0.417 e. The second-order valence-corrected chi connectivity index (χ2v) is 5.42.